The van der Waals surface area contributed by atoms with Crippen molar-refractivity contribution in [3.63, 3.8) is 0 Å². The minimum absolute atomic E-state index is 0.125. The van der Waals surface area contributed by atoms with E-state index in [1.54, 1.807) is 5.38 Å². The molecule has 1 aromatic carbocycles. The van der Waals surface area contributed by atoms with Gasteiger partial charge in [0.15, 0.2) is 5.13 Å². The molecule has 2 aromatic rings. The van der Waals surface area contributed by atoms with Crippen LogP contribution < -0.4 is 5.32 Å². The van der Waals surface area contributed by atoms with Crippen molar-refractivity contribution in [1.82, 2.24) is 4.98 Å². The zero-order valence-corrected chi connectivity index (χ0v) is 12.4. The number of thiazole rings is 1. The Labute approximate surface area is 126 Å². The average molecular weight is 304 g/mol. The molecule has 2 N–H and O–H groups in total. The second-order valence-corrected chi connectivity index (χ2v) is 5.43. The third-order valence-electron chi connectivity index (χ3n) is 3.04. The Hall–Kier alpha value is -2.21. The van der Waals surface area contributed by atoms with Gasteiger partial charge in [-0.15, -0.1) is 11.3 Å². The minimum atomic E-state index is -0.936. The summed E-state index contributed by atoms with van der Waals surface area (Å²) in [5, 5.41) is 13.6. The molecule has 21 heavy (non-hydrogen) atoms. The van der Waals surface area contributed by atoms with E-state index < -0.39 is 5.97 Å². The van der Waals surface area contributed by atoms with Gasteiger partial charge in [-0.05, 0) is 12.0 Å². The number of carboxylic acids is 1. The summed E-state index contributed by atoms with van der Waals surface area (Å²) in [6.07, 6.45) is 0.547. The van der Waals surface area contributed by atoms with Gasteiger partial charge < -0.3 is 10.4 Å². The van der Waals surface area contributed by atoms with Crippen molar-refractivity contribution in [3.05, 3.63) is 47.0 Å². The van der Waals surface area contributed by atoms with Gasteiger partial charge in [-0.1, -0.05) is 37.3 Å². The highest BCUT2D eigenvalue weighted by molar-refractivity contribution is 7.13. The molecule has 1 amide bonds. The maximum atomic E-state index is 12.3. The quantitative estimate of drug-likeness (QED) is 0.860. The normalized spacial score (nSPS) is 11.9. The third-order valence-corrected chi connectivity index (χ3v) is 3.85. The molecule has 0 saturated carbocycles. The van der Waals surface area contributed by atoms with Crippen LogP contribution in [0.2, 0.25) is 0 Å². The van der Waals surface area contributed by atoms with Crippen LogP contribution in [0.4, 0.5) is 5.13 Å². The van der Waals surface area contributed by atoms with Gasteiger partial charge in [0, 0.05) is 5.38 Å². The summed E-state index contributed by atoms with van der Waals surface area (Å²) in [6, 6.07) is 9.56. The van der Waals surface area contributed by atoms with Crippen molar-refractivity contribution in [2.75, 3.05) is 5.32 Å². The fourth-order valence-electron chi connectivity index (χ4n) is 2.05. The summed E-state index contributed by atoms with van der Waals surface area (Å²) in [5.41, 5.74) is 1.41. The number of nitrogens with one attached hydrogen (secondary N) is 1. The minimum Gasteiger partial charge on any atom is -0.481 e. The lowest BCUT2D eigenvalue weighted by Crippen LogP contribution is -2.20. The number of nitrogens with zero attached hydrogens (tertiary/aromatic N) is 1. The highest BCUT2D eigenvalue weighted by Crippen LogP contribution is 2.23. The van der Waals surface area contributed by atoms with Crippen LogP contribution in [0.5, 0.6) is 0 Å². The lowest BCUT2D eigenvalue weighted by Gasteiger charge is -2.14. The first-order chi connectivity index (χ1) is 10.1. The Balaban J connectivity index is 2.06. The summed E-state index contributed by atoms with van der Waals surface area (Å²) >= 11 is 1.24. The molecule has 0 aliphatic heterocycles. The Morgan fingerprint density at radius 2 is 2.05 bits per heavy atom. The molecule has 0 bridgehead atoms. The van der Waals surface area contributed by atoms with E-state index in [-0.39, 0.29) is 18.2 Å². The number of hydrogen-bond acceptors (Lipinski definition) is 4. The molecule has 1 heterocycles. The highest BCUT2D eigenvalue weighted by atomic mass is 32.1. The molecule has 5 nitrogen and oxygen atoms in total. The first-order valence-electron chi connectivity index (χ1n) is 6.62. The Kier molecular flexibility index (Phi) is 5.05. The van der Waals surface area contributed by atoms with Gasteiger partial charge in [-0.2, -0.15) is 0 Å². The SMILES string of the molecule is CC[C@H](C(=O)Nc1nc(CC(=O)O)cs1)c1ccccc1. The number of aromatic nitrogens is 1. The van der Waals surface area contributed by atoms with E-state index in [2.05, 4.69) is 10.3 Å². The van der Waals surface area contributed by atoms with Crippen LogP contribution in [0, 0.1) is 0 Å². The summed E-state index contributed by atoms with van der Waals surface area (Å²) in [5.74, 6) is -1.30. The fraction of sp³-hybridized carbons (Fsp3) is 0.267. The lowest BCUT2D eigenvalue weighted by atomic mass is 9.96. The zero-order valence-electron chi connectivity index (χ0n) is 11.6. The molecule has 2 rings (SSSR count). The van der Waals surface area contributed by atoms with E-state index in [1.807, 2.05) is 37.3 Å². The first kappa shape index (κ1) is 15.2. The molecule has 0 saturated heterocycles. The monoisotopic (exact) mass is 304 g/mol. The topological polar surface area (TPSA) is 79.3 Å². The number of anilines is 1. The molecule has 0 aliphatic rings. The van der Waals surface area contributed by atoms with Crippen LogP contribution in [0.15, 0.2) is 35.7 Å². The van der Waals surface area contributed by atoms with Crippen molar-refractivity contribution in [2.45, 2.75) is 25.7 Å². The maximum Gasteiger partial charge on any atom is 0.309 e. The fourth-order valence-corrected chi connectivity index (χ4v) is 2.76. The van der Waals surface area contributed by atoms with Gasteiger partial charge in [-0.25, -0.2) is 4.98 Å². The number of benzene rings is 1. The van der Waals surface area contributed by atoms with Crippen LogP contribution in [-0.2, 0) is 16.0 Å². The van der Waals surface area contributed by atoms with E-state index in [4.69, 9.17) is 5.11 Å². The maximum absolute atomic E-state index is 12.3. The van der Waals surface area contributed by atoms with E-state index in [9.17, 15) is 9.59 Å². The number of rotatable bonds is 6. The van der Waals surface area contributed by atoms with Gasteiger partial charge in [-0.3, -0.25) is 9.59 Å². The number of carboxylic acid groups (broad SMARTS) is 1. The number of hydrogen-bond donors (Lipinski definition) is 2. The number of carbonyl (C=O) groups excluding carboxylic acids is 1. The summed E-state index contributed by atoms with van der Waals surface area (Å²) in [4.78, 5) is 27.0. The van der Waals surface area contributed by atoms with Crippen molar-refractivity contribution in [2.24, 2.45) is 0 Å². The molecule has 0 fully saturated rings. The van der Waals surface area contributed by atoms with Crippen LogP contribution in [0.3, 0.4) is 0 Å². The number of aliphatic carboxylic acids is 1. The summed E-state index contributed by atoms with van der Waals surface area (Å²) < 4.78 is 0. The van der Waals surface area contributed by atoms with Crippen molar-refractivity contribution in [3.8, 4) is 0 Å². The van der Waals surface area contributed by atoms with E-state index >= 15 is 0 Å². The van der Waals surface area contributed by atoms with Crippen LogP contribution >= 0.6 is 11.3 Å². The van der Waals surface area contributed by atoms with Gasteiger partial charge in [0.2, 0.25) is 5.91 Å². The van der Waals surface area contributed by atoms with Crippen LogP contribution in [0.1, 0.15) is 30.5 Å². The average Bonchev–Trinajstić information content (AvgIpc) is 2.87. The van der Waals surface area contributed by atoms with E-state index in [0.29, 0.717) is 17.2 Å². The standard InChI is InChI=1S/C15H16N2O3S/c1-2-12(10-6-4-3-5-7-10)14(20)17-15-16-11(9-21-15)8-13(18)19/h3-7,9,12H,2,8H2,1H3,(H,18,19)(H,16,17,20)/t12-/m0/s1. The van der Waals surface area contributed by atoms with Crippen molar-refractivity contribution >= 4 is 28.3 Å². The lowest BCUT2D eigenvalue weighted by molar-refractivity contribution is -0.136. The van der Waals surface area contributed by atoms with Gasteiger partial charge in [0.05, 0.1) is 18.0 Å². The van der Waals surface area contributed by atoms with Gasteiger partial charge in [0.25, 0.3) is 0 Å². The second kappa shape index (κ2) is 6.99. The smallest absolute Gasteiger partial charge is 0.309 e. The molecule has 0 aliphatic carbocycles. The molecule has 110 valence electrons. The number of amides is 1. The Bertz CT molecular complexity index is 625. The largest absolute Gasteiger partial charge is 0.481 e. The molecule has 1 atom stereocenters. The second-order valence-electron chi connectivity index (χ2n) is 4.58. The van der Waals surface area contributed by atoms with Crippen LogP contribution in [-0.4, -0.2) is 22.0 Å². The highest BCUT2D eigenvalue weighted by Gasteiger charge is 2.19. The first-order valence-corrected chi connectivity index (χ1v) is 7.50. The third kappa shape index (κ3) is 4.13. The van der Waals surface area contributed by atoms with Crippen LogP contribution in [0.25, 0.3) is 0 Å². The van der Waals surface area contributed by atoms with E-state index in [1.165, 1.54) is 11.3 Å². The van der Waals surface area contributed by atoms with Gasteiger partial charge >= 0.3 is 5.97 Å². The molecule has 1 aromatic heterocycles. The van der Waals surface area contributed by atoms with Crippen molar-refractivity contribution < 1.29 is 14.7 Å². The molecule has 0 radical (unpaired) electrons. The summed E-state index contributed by atoms with van der Waals surface area (Å²) in [7, 11) is 0. The molecular formula is C15H16N2O3S. The zero-order chi connectivity index (χ0) is 15.2. The van der Waals surface area contributed by atoms with E-state index in [0.717, 1.165) is 5.56 Å². The Morgan fingerprint density at radius 3 is 2.67 bits per heavy atom. The number of carbonyl (C=O) groups is 2. The van der Waals surface area contributed by atoms with Crippen molar-refractivity contribution in [1.29, 1.82) is 0 Å². The molecule has 0 spiro atoms. The molecule has 6 heteroatoms. The predicted molar refractivity (Wildman–Crippen MR) is 81.6 cm³/mol. The molecule has 0 unspecified atom stereocenters. The van der Waals surface area contributed by atoms with Gasteiger partial charge in [0.1, 0.15) is 0 Å². The predicted octanol–water partition coefficient (Wildman–Crippen LogP) is 2.90. The summed E-state index contributed by atoms with van der Waals surface area (Å²) in [6.45, 7) is 1.95. The Morgan fingerprint density at radius 1 is 1.33 bits per heavy atom. The molecular weight excluding hydrogens is 288 g/mol.